The largest absolute Gasteiger partial charge is 0.383 e. The van der Waals surface area contributed by atoms with E-state index >= 15 is 0 Å². The first-order chi connectivity index (χ1) is 7.13. The summed E-state index contributed by atoms with van der Waals surface area (Å²) in [4.78, 5) is 0. The number of hydrogen-bond donors (Lipinski definition) is 1. The van der Waals surface area contributed by atoms with Crippen LogP contribution in [0.3, 0.4) is 0 Å². The van der Waals surface area contributed by atoms with Gasteiger partial charge in [-0.15, -0.1) is 0 Å². The summed E-state index contributed by atoms with van der Waals surface area (Å²) in [6, 6.07) is 5.15. The van der Waals surface area contributed by atoms with Gasteiger partial charge in [0.05, 0.1) is 6.61 Å². The molecule has 0 saturated heterocycles. The molecule has 2 nitrogen and oxygen atoms in total. The van der Waals surface area contributed by atoms with E-state index in [1.807, 2.05) is 6.92 Å². The lowest BCUT2D eigenvalue weighted by Crippen LogP contribution is -2.29. The predicted octanol–water partition coefficient (Wildman–Crippen LogP) is 2.71. The Morgan fingerprint density at radius 3 is 2.93 bits per heavy atom. The third-order valence-electron chi connectivity index (χ3n) is 2.07. The van der Waals surface area contributed by atoms with Gasteiger partial charge in [0.15, 0.2) is 0 Å². The minimum Gasteiger partial charge on any atom is -0.383 e. The van der Waals surface area contributed by atoms with Crippen LogP contribution in [0.2, 0.25) is 0 Å². The van der Waals surface area contributed by atoms with E-state index in [9.17, 15) is 4.39 Å². The molecule has 1 N–H and O–H groups in total. The first-order valence-electron chi connectivity index (χ1n) is 4.79. The average molecular weight is 276 g/mol. The van der Waals surface area contributed by atoms with Gasteiger partial charge in [0.25, 0.3) is 0 Å². The van der Waals surface area contributed by atoms with Crippen molar-refractivity contribution in [2.45, 2.75) is 19.5 Å². The van der Waals surface area contributed by atoms with E-state index in [-0.39, 0.29) is 11.9 Å². The van der Waals surface area contributed by atoms with Gasteiger partial charge in [-0.2, -0.15) is 0 Å². The zero-order chi connectivity index (χ0) is 11.3. The van der Waals surface area contributed by atoms with Crippen LogP contribution in [0, 0.1) is 5.82 Å². The summed E-state index contributed by atoms with van der Waals surface area (Å²) >= 11 is 3.31. The van der Waals surface area contributed by atoms with E-state index in [0.29, 0.717) is 18.7 Å². The van der Waals surface area contributed by atoms with Crippen LogP contribution in [-0.2, 0) is 11.3 Å². The van der Waals surface area contributed by atoms with Gasteiger partial charge < -0.3 is 10.1 Å². The molecule has 0 fully saturated rings. The van der Waals surface area contributed by atoms with Crippen LogP contribution in [0.5, 0.6) is 0 Å². The molecule has 0 heterocycles. The summed E-state index contributed by atoms with van der Waals surface area (Å²) in [5, 5.41) is 3.18. The molecule has 1 unspecified atom stereocenters. The van der Waals surface area contributed by atoms with Crippen molar-refractivity contribution in [2.75, 3.05) is 13.7 Å². The van der Waals surface area contributed by atoms with Crippen molar-refractivity contribution in [1.82, 2.24) is 5.32 Å². The van der Waals surface area contributed by atoms with Gasteiger partial charge in [-0.05, 0) is 25.1 Å². The highest BCUT2D eigenvalue weighted by molar-refractivity contribution is 9.10. The van der Waals surface area contributed by atoms with E-state index in [0.717, 1.165) is 4.47 Å². The third kappa shape index (κ3) is 4.28. The molecular weight excluding hydrogens is 261 g/mol. The van der Waals surface area contributed by atoms with Crippen LogP contribution in [0.1, 0.15) is 12.5 Å². The minimum atomic E-state index is -0.185. The Bertz CT molecular complexity index is 319. The Morgan fingerprint density at radius 1 is 1.53 bits per heavy atom. The molecule has 0 aromatic heterocycles. The summed E-state index contributed by atoms with van der Waals surface area (Å²) in [6.07, 6.45) is 0. The maximum absolute atomic E-state index is 13.3. The summed E-state index contributed by atoms with van der Waals surface area (Å²) in [5.41, 5.74) is 0.660. The number of benzene rings is 1. The van der Waals surface area contributed by atoms with Crippen molar-refractivity contribution in [2.24, 2.45) is 0 Å². The minimum absolute atomic E-state index is 0.185. The zero-order valence-corrected chi connectivity index (χ0v) is 10.5. The van der Waals surface area contributed by atoms with Crippen molar-refractivity contribution in [3.05, 3.63) is 34.1 Å². The molecule has 0 spiro atoms. The second kappa shape index (κ2) is 6.20. The van der Waals surface area contributed by atoms with Crippen LogP contribution in [0.4, 0.5) is 4.39 Å². The van der Waals surface area contributed by atoms with Gasteiger partial charge in [0.2, 0.25) is 0 Å². The van der Waals surface area contributed by atoms with Gasteiger partial charge in [0, 0.05) is 29.7 Å². The second-order valence-corrected chi connectivity index (χ2v) is 4.39. The van der Waals surface area contributed by atoms with Gasteiger partial charge in [-0.25, -0.2) is 4.39 Å². The lowest BCUT2D eigenvalue weighted by molar-refractivity contribution is 0.171. The maximum Gasteiger partial charge on any atom is 0.127 e. The fourth-order valence-corrected chi connectivity index (χ4v) is 1.68. The van der Waals surface area contributed by atoms with Crippen LogP contribution >= 0.6 is 15.9 Å². The number of methoxy groups -OCH3 is 1. The van der Waals surface area contributed by atoms with Crippen LogP contribution < -0.4 is 5.32 Å². The molecule has 0 aliphatic rings. The second-order valence-electron chi connectivity index (χ2n) is 3.47. The standard InChI is InChI=1S/C11H15BrFNO/c1-8(7-15-2)14-6-9-5-10(12)3-4-11(9)13/h3-5,8,14H,6-7H2,1-2H3. The molecule has 84 valence electrons. The van der Waals surface area contributed by atoms with E-state index in [4.69, 9.17) is 4.74 Å². The zero-order valence-electron chi connectivity index (χ0n) is 8.89. The third-order valence-corrected chi connectivity index (χ3v) is 2.56. The maximum atomic E-state index is 13.3. The average Bonchev–Trinajstić information content (AvgIpc) is 2.20. The first-order valence-corrected chi connectivity index (χ1v) is 5.59. The normalized spacial score (nSPS) is 12.8. The van der Waals surface area contributed by atoms with Gasteiger partial charge in [-0.1, -0.05) is 15.9 Å². The number of hydrogen-bond acceptors (Lipinski definition) is 2. The van der Waals surface area contributed by atoms with E-state index in [1.165, 1.54) is 6.07 Å². The fraction of sp³-hybridized carbons (Fsp3) is 0.455. The number of rotatable bonds is 5. The predicted molar refractivity (Wildman–Crippen MR) is 62.3 cm³/mol. The highest BCUT2D eigenvalue weighted by Crippen LogP contribution is 2.15. The highest BCUT2D eigenvalue weighted by Gasteiger charge is 2.05. The quantitative estimate of drug-likeness (QED) is 0.892. The molecule has 1 rings (SSSR count). The van der Waals surface area contributed by atoms with Gasteiger partial charge >= 0.3 is 0 Å². The van der Waals surface area contributed by atoms with Crippen molar-refractivity contribution in [3.8, 4) is 0 Å². The molecule has 1 aromatic carbocycles. The van der Waals surface area contributed by atoms with E-state index in [2.05, 4.69) is 21.2 Å². The Kier molecular flexibility index (Phi) is 5.22. The van der Waals surface area contributed by atoms with Crippen molar-refractivity contribution >= 4 is 15.9 Å². The molecule has 0 amide bonds. The summed E-state index contributed by atoms with van der Waals surface area (Å²) in [6.45, 7) is 3.13. The summed E-state index contributed by atoms with van der Waals surface area (Å²) < 4.78 is 19.2. The molecule has 0 aliphatic carbocycles. The number of halogens is 2. The van der Waals surface area contributed by atoms with Gasteiger partial charge in [0.1, 0.15) is 5.82 Å². The summed E-state index contributed by atoms with van der Waals surface area (Å²) in [7, 11) is 1.65. The molecule has 0 radical (unpaired) electrons. The van der Waals surface area contributed by atoms with Gasteiger partial charge in [-0.3, -0.25) is 0 Å². The first kappa shape index (κ1) is 12.6. The molecule has 1 atom stereocenters. The molecule has 0 bridgehead atoms. The molecule has 0 saturated carbocycles. The Morgan fingerprint density at radius 2 is 2.27 bits per heavy atom. The monoisotopic (exact) mass is 275 g/mol. The molecule has 4 heteroatoms. The molecule has 15 heavy (non-hydrogen) atoms. The SMILES string of the molecule is COCC(C)NCc1cc(Br)ccc1F. The van der Waals surface area contributed by atoms with E-state index in [1.54, 1.807) is 19.2 Å². The van der Waals surface area contributed by atoms with Crippen molar-refractivity contribution in [3.63, 3.8) is 0 Å². The fourth-order valence-electron chi connectivity index (χ4n) is 1.27. The molecule has 0 aliphatic heterocycles. The summed E-state index contributed by atoms with van der Waals surface area (Å²) in [5.74, 6) is -0.185. The van der Waals surface area contributed by atoms with E-state index < -0.39 is 0 Å². The van der Waals surface area contributed by atoms with Crippen LogP contribution in [0.25, 0.3) is 0 Å². The molecular formula is C11H15BrFNO. The highest BCUT2D eigenvalue weighted by atomic mass is 79.9. The molecule has 1 aromatic rings. The van der Waals surface area contributed by atoms with Crippen LogP contribution in [-0.4, -0.2) is 19.8 Å². The Balaban J connectivity index is 2.53. The van der Waals surface area contributed by atoms with Crippen molar-refractivity contribution in [1.29, 1.82) is 0 Å². The Labute approximate surface area is 98.0 Å². The lowest BCUT2D eigenvalue weighted by Gasteiger charge is -2.13. The smallest absolute Gasteiger partial charge is 0.127 e. The van der Waals surface area contributed by atoms with Crippen LogP contribution in [0.15, 0.2) is 22.7 Å². The Hall–Kier alpha value is -0.450. The lowest BCUT2D eigenvalue weighted by atomic mass is 10.2. The number of ether oxygens (including phenoxy) is 1. The van der Waals surface area contributed by atoms with Crippen molar-refractivity contribution < 1.29 is 9.13 Å². The number of nitrogens with one attached hydrogen (secondary N) is 1. The topological polar surface area (TPSA) is 21.3 Å².